The number of benzene rings is 1. The molecule has 1 atom stereocenters. The highest BCUT2D eigenvalue weighted by Crippen LogP contribution is 2.08. The van der Waals surface area contributed by atoms with Crippen molar-refractivity contribution in [3.63, 3.8) is 0 Å². The molecule has 0 fully saturated rings. The van der Waals surface area contributed by atoms with Gasteiger partial charge in [-0.2, -0.15) is 9.90 Å². The van der Waals surface area contributed by atoms with Gasteiger partial charge in [0.25, 0.3) is 5.91 Å². The smallest absolute Gasteiger partial charge is 0.274 e. The van der Waals surface area contributed by atoms with Gasteiger partial charge in [-0.15, -0.1) is 5.10 Å². The first kappa shape index (κ1) is 15.2. The number of nitrogens with zero attached hydrogens (tertiary/aromatic N) is 3. The molecule has 0 aliphatic heterocycles. The van der Waals surface area contributed by atoms with Crippen molar-refractivity contribution in [1.82, 2.24) is 20.3 Å². The Bertz CT molecular complexity index is 595. The average molecular weight is 288 g/mol. The predicted molar refractivity (Wildman–Crippen MR) is 79.5 cm³/mol. The van der Waals surface area contributed by atoms with Gasteiger partial charge < -0.3 is 10.1 Å². The number of ether oxygens (including phenoxy) is 1. The van der Waals surface area contributed by atoms with Crippen LogP contribution in [0.3, 0.4) is 0 Å². The largest absolute Gasteiger partial charge is 0.383 e. The van der Waals surface area contributed by atoms with E-state index in [-0.39, 0.29) is 11.9 Å². The number of hydrogen-bond donors (Lipinski definition) is 1. The first-order valence-electron chi connectivity index (χ1n) is 6.94. The molecule has 0 saturated carbocycles. The van der Waals surface area contributed by atoms with Gasteiger partial charge in [-0.25, -0.2) is 0 Å². The fourth-order valence-corrected chi connectivity index (χ4v) is 1.98. The third-order valence-corrected chi connectivity index (χ3v) is 3.18. The number of aromatic nitrogens is 3. The van der Waals surface area contributed by atoms with E-state index in [4.69, 9.17) is 4.74 Å². The van der Waals surface area contributed by atoms with Crippen LogP contribution in [0.25, 0.3) is 5.69 Å². The first-order valence-corrected chi connectivity index (χ1v) is 6.94. The van der Waals surface area contributed by atoms with Gasteiger partial charge in [0.15, 0.2) is 5.69 Å². The predicted octanol–water partition coefficient (Wildman–Crippen LogP) is 1.73. The van der Waals surface area contributed by atoms with Crippen molar-refractivity contribution in [2.24, 2.45) is 0 Å². The molecule has 1 aromatic carbocycles. The summed E-state index contributed by atoms with van der Waals surface area (Å²) < 4.78 is 5.08. The number of hydrogen-bond acceptors (Lipinski definition) is 4. The SMILES string of the molecule is CCC(COC)NC(=O)c1nn(-c2ccccc2)nc1C. The van der Waals surface area contributed by atoms with Crippen LogP contribution in [0, 0.1) is 6.92 Å². The van der Waals surface area contributed by atoms with E-state index in [0.29, 0.717) is 18.0 Å². The summed E-state index contributed by atoms with van der Waals surface area (Å²) in [7, 11) is 1.62. The summed E-state index contributed by atoms with van der Waals surface area (Å²) in [6, 6.07) is 9.48. The van der Waals surface area contributed by atoms with Gasteiger partial charge in [-0.3, -0.25) is 4.79 Å². The van der Waals surface area contributed by atoms with Crippen LogP contribution in [-0.4, -0.2) is 40.7 Å². The van der Waals surface area contributed by atoms with Crippen molar-refractivity contribution in [2.45, 2.75) is 26.3 Å². The Kier molecular flexibility index (Phi) is 5.05. The number of methoxy groups -OCH3 is 1. The number of amides is 1. The summed E-state index contributed by atoms with van der Waals surface area (Å²) in [5.74, 6) is -0.224. The minimum absolute atomic E-state index is 0.0243. The van der Waals surface area contributed by atoms with E-state index in [9.17, 15) is 4.79 Å². The van der Waals surface area contributed by atoms with Gasteiger partial charge in [0.1, 0.15) is 0 Å². The third-order valence-electron chi connectivity index (χ3n) is 3.18. The maximum atomic E-state index is 12.3. The van der Waals surface area contributed by atoms with Gasteiger partial charge >= 0.3 is 0 Å². The van der Waals surface area contributed by atoms with Crippen LogP contribution in [0.1, 0.15) is 29.5 Å². The molecule has 1 heterocycles. The van der Waals surface area contributed by atoms with Crippen molar-refractivity contribution in [3.05, 3.63) is 41.7 Å². The molecule has 2 aromatic rings. The lowest BCUT2D eigenvalue weighted by Gasteiger charge is -2.14. The fraction of sp³-hybridized carbons (Fsp3) is 0.400. The van der Waals surface area contributed by atoms with Gasteiger partial charge in [-0.1, -0.05) is 25.1 Å². The summed E-state index contributed by atoms with van der Waals surface area (Å²) in [6.45, 7) is 4.25. The van der Waals surface area contributed by atoms with Crippen LogP contribution < -0.4 is 5.32 Å². The monoisotopic (exact) mass is 288 g/mol. The van der Waals surface area contributed by atoms with E-state index < -0.39 is 0 Å². The van der Waals surface area contributed by atoms with Gasteiger partial charge in [-0.05, 0) is 25.5 Å². The van der Waals surface area contributed by atoms with E-state index in [1.165, 1.54) is 4.80 Å². The van der Waals surface area contributed by atoms with Gasteiger partial charge in [0.05, 0.1) is 24.0 Å². The zero-order valence-electron chi connectivity index (χ0n) is 12.5. The summed E-state index contributed by atoms with van der Waals surface area (Å²) in [5.41, 5.74) is 1.76. The highest BCUT2D eigenvalue weighted by Gasteiger charge is 2.19. The maximum absolute atomic E-state index is 12.3. The highest BCUT2D eigenvalue weighted by molar-refractivity contribution is 5.93. The summed E-state index contributed by atoms with van der Waals surface area (Å²) in [4.78, 5) is 13.7. The lowest BCUT2D eigenvalue weighted by Crippen LogP contribution is -2.38. The molecule has 6 nitrogen and oxygen atoms in total. The maximum Gasteiger partial charge on any atom is 0.274 e. The van der Waals surface area contributed by atoms with Crippen LogP contribution in [0.2, 0.25) is 0 Å². The molecule has 0 aliphatic rings. The average Bonchev–Trinajstić information content (AvgIpc) is 2.89. The number of carbonyl (C=O) groups excluding carboxylic acids is 1. The first-order chi connectivity index (χ1) is 10.2. The number of aryl methyl sites for hydroxylation is 1. The molecule has 1 amide bonds. The van der Waals surface area contributed by atoms with Crippen LogP contribution in [-0.2, 0) is 4.74 Å². The Hall–Kier alpha value is -2.21. The van der Waals surface area contributed by atoms with Crippen LogP contribution in [0.4, 0.5) is 0 Å². The lowest BCUT2D eigenvalue weighted by molar-refractivity contribution is 0.0888. The number of carbonyl (C=O) groups is 1. The lowest BCUT2D eigenvalue weighted by atomic mass is 10.2. The number of rotatable bonds is 6. The van der Waals surface area contributed by atoms with Gasteiger partial charge in [0, 0.05) is 7.11 Å². The third kappa shape index (κ3) is 3.66. The van der Waals surface area contributed by atoms with E-state index in [1.807, 2.05) is 37.3 Å². The Labute approximate surface area is 124 Å². The molecule has 1 N–H and O–H groups in total. The Morgan fingerprint density at radius 3 is 2.67 bits per heavy atom. The molecule has 2 rings (SSSR count). The van der Waals surface area contributed by atoms with Crippen molar-refractivity contribution >= 4 is 5.91 Å². The normalized spacial score (nSPS) is 12.1. The molecule has 1 unspecified atom stereocenters. The van der Waals surface area contributed by atoms with E-state index in [2.05, 4.69) is 15.5 Å². The highest BCUT2D eigenvalue weighted by atomic mass is 16.5. The Balaban J connectivity index is 2.17. The molecule has 0 aliphatic carbocycles. The van der Waals surface area contributed by atoms with Crippen molar-refractivity contribution in [1.29, 1.82) is 0 Å². The van der Waals surface area contributed by atoms with E-state index >= 15 is 0 Å². The Morgan fingerprint density at radius 1 is 1.33 bits per heavy atom. The van der Waals surface area contributed by atoms with Crippen molar-refractivity contribution in [3.8, 4) is 5.69 Å². The van der Waals surface area contributed by atoms with Crippen molar-refractivity contribution in [2.75, 3.05) is 13.7 Å². The second-order valence-corrected chi connectivity index (χ2v) is 4.79. The molecule has 1 aromatic heterocycles. The van der Waals surface area contributed by atoms with Crippen molar-refractivity contribution < 1.29 is 9.53 Å². The quantitative estimate of drug-likeness (QED) is 0.879. The number of para-hydroxylation sites is 1. The zero-order chi connectivity index (χ0) is 15.2. The Morgan fingerprint density at radius 2 is 2.05 bits per heavy atom. The van der Waals surface area contributed by atoms with Gasteiger partial charge in [0.2, 0.25) is 0 Å². The van der Waals surface area contributed by atoms with Crippen LogP contribution >= 0.6 is 0 Å². The number of nitrogens with one attached hydrogen (secondary N) is 1. The fourth-order valence-electron chi connectivity index (χ4n) is 1.98. The minimum atomic E-state index is -0.224. The summed E-state index contributed by atoms with van der Waals surface area (Å²) >= 11 is 0. The molecule has 21 heavy (non-hydrogen) atoms. The second-order valence-electron chi connectivity index (χ2n) is 4.79. The molecule has 0 radical (unpaired) electrons. The zero-order valence-corrected chi connectivity index (χ0v) is 12.5. The summed E-state index contributed by atoms with van der Waals surface area (Å²) in [6.07, 6.45) is 0.797. The molecule has 0 spiro atoms. The van der Waals surface area contributed by atoms with E-state index in [0.717, 1.165) is 12.1 Å². The standard InChI is InChI=1S/C15H20N4O2/c1-4-12(10-21-3)16-15(20)14-11(2)17-19(18-14)13-8-6-5-7-9-13/h5-9,12H,4,10H2,1-3H3,(H,16,20). The van der Waals surface area contributed by atoms with Crippen LogP contribution in [0.15, 0.2) is 30.3 Å². The molecule has 6 heteroatoms. The van der Waals surface area contributed by atoms with E-state index in [1.54, 1.807) is 14.0 Å². The molecular weight excluding hydrogens is 268 g/mol. The van der Waals surface area contributed by atoms with Crippen LogP contribution in [0.5, 0.6) is 0 Å². The second kappa shape index (κ2) is 6.99. The molecule has 0 bridgehead atoms. The molecule has 0 saturated heterocycles. The minimum Gasteiger partial charge on any atom is -0.383 e. The molecular formula is C15H20N4O2. The summed E-state index contributed by atoms with van der Waals surface area (Å²) in [5, 5.41) is 11.5. The topological polar surface area (TPSA) is 69.0 Å². The molecule has 112 valence electrons.